The van der Waals surface area contributed by atoms with Crippen molar-refractivity contribution >= 4 is 87.0 Å². The third kappa shape index (κ3) is 103. The number of aliphatic carboxylic acids is 5. The second-order valence-electron chi connectivity index (χ2n) is 35.7. The summed E-state index contributed by atoms with van der Waals surface area (Å²) in [4.78, 5) is 113. The van der Waals surface area contributed by atoms with E-state index in [1.54, 1.807) is 83.8 Å². The van der Waals surface area contributed by atoms with Crippen LogP contribution in [0.2, 0.25) is 0 Å². The fourth-order valence-electron chi connectivity index (χ4n) is 11.3. The quantitative estimate of drug-likeness (QED) is 0.0103. The maximum Gasteiger partial charge on any atom is 0.308 e. The smallest absolute Gasteiger partial charge is 0.308 e. The van der Waals surface area contributed by atoms with Crippen molar-refractivity contribution in [2.24, 2.45) is 60.8 Å². The summed E-state index contributed by atoms with van der Waals surface area (Å²) in [6, 6.07) is 30.0. The minimum Gasteiger partial charge on any atom is -0.481 e. The maximum absolute atomic E-state index is 10.0. The molecule has 0 saturated carbocycles. The Kier molecular flexibility index (Phi) is 120. The predicted molar refractivity (Wildman–Crippen MR) is 594 cm³/mol. The zero-order chi connectivity index (χ0) is 111. The van der Waals surface area contributed by atoms with Crippen LogP contribution in [0.3, 0.4) is 0 Å². The molecule has 9 heterocycles. The van der Waals surface area contributed by atoms with E-state index < -0.39 is 66.7 Å². The van der Waals surface area contributed by atoms with E-state index in [2.05, 4.69) is 139 Å². The number of hydrogen-bond acceptors (Lipinski definition) is 30. The van der Waals surface area contributed by atoms with Crippen LogP contribution < -0.4 is 0 Å². The van der Waals surface area contributed by atoms with Crippen molar-refractivity contribution in [3.8, 4) is 0 Å². The second-order valence-corrected chi connectivity index (χ2v) is 35.7. The molecule has 0 aromatic carbocycles. The molecule has 0 fully saturated rings. The van der Waals surface area contributed by atoms with E-state index in [1.807, 2.05) is 96.1 Å². The molecule has 869 valence electrons. The van der Waals surface area contributed by atoms with Crippen LogP contribution in [0.15, 0.2) is 141 Å². The number of nitrogens with zero attached hydrogens (tertiary/aromatic N) is 15. The average molecular weight is 2340 g/mol. The first kappa shape index (κ1) is 167. The van der Waals surface area contributed by atoms with Crippen LogP contribution in [-0.2, 0) is 108 Å². The number of pyridine rings is 5. The largest absolute Gasteiger partial charge is 0.481 e. The molecule has 150 heavy (non-hydrogen) atoms. The summed E-state index contributed by atoms with van der Waals surface area (Å²) in [5.41, 5.74) is 19.0. The maximum atomic E-state index is 10.0. The molecule has 35 nitrogen and oxygen atoms in total. The number of hydrogen-bond donors (Lipinski definition) is 15. The molecule has 4 aliphatic heterocycles. The summed E-state index contributed by atoms with van der Waals surface area (Å²) in [6.45, 7) is 39.2. The molecular weight excluding hydrogens is 2150 g/mol. The molecule has 0 aliphatic carbocycles. The van der Waals surface area contributed by atoms with Crippen LogP contribution in [0, 0.1) is 10.8 Å². The predicted octanol–water partition coefficient (Wildman–Crippen LogP) is 19.5. The van der Waals surface area contributed by atoms with Gasteiger partial charge in [-0.3, -0.25) is 73.9 Å². The number of aromatic nitrogens is 5. The van der Waals surface area contributed by atoms with E-state index in [9.17, 15) is 14.4 Å². The van der Waals surface area contributed by atoms with Gasteiger partial charge in [-0.2, -0.15) is 0 Å². The molecule has 0 saturated heterocycles. The Morgan fingerprint density at radius 1 is 0.307 bits per heavy atom. The first-order valence-electron chi connectivity index (χ1n) is 50.3. The molecule has 0 bridgehead atoms. The van der Waals surface area contributed by atoms with Crippen LogP contribution in [0.1, 0.15) is 408 Å². The summed E-state index contributed by atoms with van der Waals surface area (Å²) in [7, 11) is 10.6. The standard InChI is InChI=1S/2C13H15N3.3C11H15N3.2C8H18O2.2C8H16O2.C5H12O2.C5H10O2.2C2H6O2.2C2H4O2.CH4.5Co/c2*1-4-12(10-6-2-8-14-10)16-13(5-1)11-7-3-9-15-11;3*1-8(12-3)10-6-5-7-11(14-10)9(2)13-4;4*1-2-3-4-5-6-7-8(9)10;2*1-5(2,3)4(6)7;4*1-2(3)4;;;;;;/h2*1,4-5H,2-3,6-9H2;3*5-7H,1-4H3;2*8-10H,2-7H2,1H3;2*2-7H2,1H3,(H,9,10);4,6-7H,1-3H3;1-3H3,(H,6,7);2*2-4H,1H3;2*1H3,(H,3,4);1H4;;;;;. The van der Waals surface area contributed by atoms with Crippen LogP contribution >= 0.6 is 0 Å². The zero-order valence-electron chi connectivity index (χ0n) is 93.6. The SMILES string of the molecule is C.CC(=O)O.CC(=O)O.CC(C)(C)C(=O)O.CC(C)(C)C(O)O.CC(O)O.CC(O)O.CCCCCCCC(=O)O.CCCCCCCC(=O)O.CCCCCCCC(O)O.CCCCCCCC(O)O.CN=C(C)c1cccc(C(C)=NC)n1.CN=C(C)c1cccc(C(C)=NC)n1.CN=C(C)c1cccc(C(C)=NC)n1.[Co].[Co].[Co].[Co].[Co].c1cc(C2=NCCC2)nc(C2=NCCC2)c1.c1cc(C2=NCCC2)nc(C2=NCCC2)c1. The molecule has 5 radical (unpaired) electrons. The van der Waals surface area contributed by atoms with Crippen molar-refractivity contribution in [2.75, 3.05) is 68.5 Å². The fourth-order valence-corrected chi connectivity index (χ4v) is 11.3. The number of unbranched alkanes of at least 4 members (excludes halogenated alkanes) is 16. The van der Waals surface area contributed by atoms with Gasteiger partial charge in [0.25, 0.3) is 11.9 Å². The van der Waals surface area contributed by atoms with Gasteiger partial charge in [-0.05, 0) is 227 Å². The Morgan fingerprint density at radius 2 is 0.473 bits per heavy atom. The molecule has 0 spiro atoms. The molecule has 0 unspecified atom stereocenters. The van der Waals surface area contributed by atoms with Gasteiger partial charge in [0.15, 0.2) is 18.9 Å². The third-order valence-electron chi connectivity index (χ3n) is 20.2. The van der Waals surface area contributed by atoms with Crippen LogP contribution in [0.5, 0.6) is 0 Å². The Morgan fingerprint density at radius 3 is 0.607 bits per heavy atom. The van der Waals surface area contributed by atoms with Gasteiger partial charge < -0.3 is 76.6 Å². The van der Waals surface area contributed by atoms with E-state index >= 15 is 0 Å². The molecule has 0 amide bonds. The molecule has 5 aromatic heterocycles. The van der Waals surface area contributed by atoms with Gasteiger partial charge in [0.1, 0.15) is 12.6 Å². The van der Waals surface area contributed by atoms with Gasteiger partial charge in [0, 0.05) is 184 Å². The number of carbonyl (C=O) groups is 5. The van der Waals surface area contributed by atoms with Gasteiger partial charge in [-0.1, -0.05) is 189 Å². The normalized spacial score (nSPS) is 12.6. The van der Waals surface area contributed by atoms with Gasteiger partial charge in [-0.15, -0.1) is 0 Å². The molecule has 0 atom stereocenters. The van der Waals surface area contributed by atoms with E-state index in [-0.39, 0.29) is 96.7 Å². The Balaban J connectivity index is -0.000000138. The fraction of sp³-hybridized carbons (Fsp3) is 0.636. The van der Waals surface area contributed by atoms with E-state index in [0.717, 1.165) is 208 Å². The van der Waals surface area contributed by atoms with Crippen molar-refractivity contribution < 1.29 is 184 Å². The number of carboxylic acid groups (broad SMARTS) is 5. The molecule has 4 aliphatic rings. The Bertz CT molecular complexity index is 4060. The summed E-state index contributed by atoms with van der Waals surface area (Å²) < 4.78 is 0. The molecule has 9 rings (SSSR count). The average Bonchev–Trinajstić information content (AvgIpc) is 1.70. The van der Waals surface area contributed by atoms with E-state index in [1.165, 1.54) is 139 Å². The molecule has 40 heteroatoms. The van der Waals surface area contributed by atoms with Gasteiger partial charge >= 0.3 is 17.9 Å². The first-order chi connectivity index (χ1) is 67.8. The Hall–Kier alpha value is -8.07. The summed E-state index contributed by atoms with van der Waals surface area (Å²) in [5, 5.41) is 121. The van der Waals surface area contributed by atoms with Crippen LogP contribution in [0.25, 0.3) is 0 Å². The zero-order valence-corrected chi connectivity index (χ0v) is 98.8. The monoisotopic (exact) mass is 2340 g/mol. The first-order valence-corrected chi connectivity index (χ1v) is 50.3. The summed E-state index contributed by atoms with van der Waals surface area (Å²) >= 11 is 0. The van der Waals surface area contributed by atoms with Crippen LogP contribution in [0.4, 0.5) is 0 Å². The molecule has 5 aromatic rings. The minimum atomic E-state index is -1.20. The molecule has 15 N–H and O–H groups in total. The number of carboxylic acids is 5. The van der Waals surface area contributed by atoms with Gasteiger partial charge in [0.2, 0.25) is 0 Å². The van der Waals surface area contributed by atoms with Crippen molar-refractivity contribution in [2.45, 2.75) is 383 Å². The molecular formula is C110H189Co5N15O20. The third-order valence-corrected chi connectivity index (χ3v) is 20.2. The van der Waals surface area contributed by atoms with Crippen molar-refractivity contribution in [1.29, 1.82) is 0 Å². The van der Waals surface area contributed by atoms with Crippen molar-refractivity contribution in [3.63, 3.8) is 0 Å². The number of aliphatic hydroxyl groups excluding tert-OH is 5. The number of rotatable bonds is 34. The summed E-state index contributed by atoms with van der Waals surface area (Å²) in [6.07, 6.45) is 27.7. The number of aliphatic imine (C=N–C) groups is 10. The van der Waals surface area contributed by atoms with Crippen LogP contribution in [-0.4, -0.2) is 288 Å². The second kappa shape index (κ2) is 108. The topological polar surface area (TPSA) is 577 Å². The van der Waals surface area contributed by atoms with Gasteiger partial charge in [-0.25, -0.2) is 24.9 Å². The summed E-state index contributed by atoms with van der Waals surface area (Å²) in [5.74, 6) is -3.76. The van der Waals surface area contributed by atoms with E-state index in [4.69, 9.17) is 86.2 Å². The van der Waals surface area contributed by atoms with E-state index in [0.29, 0.717) is 25.7 Å². The van der Waals surface area contributed by atoms with Gasteiger partial charge in [0.05, 0.1) is 119 Å². The van der Waals surface area contributed by atoms with Crippen molar-refractivity contribution in [3.05, 3.63) is 148 Å². The van der Waals surface area contributed by atoms with Crippen molar-refractivity contribution in [1.82, 2.24) is 24.9 Å². The Labute approximate surface area is 949 Å². The number of aliphatic hydroxyl groups is 10. The minimum absolute atomic E-state index is 0.